The predicted octanol–water partition coefficient (Wildman–Crippen LogP) is 1.74. The van der Waals surface area contributed by atoms with Crippen LogP contribution in [0.5, 0.6) is 5.75 Å². The van der Waals surface area contributed by atoms with Crippen LogP contribution in [0.15, 0.2) is 18.2 Å². The van der Waals surface area contributed by atoms with E-state index in [0.29, 0.717) is 29.5 Å². The van der Waals surface area contributed by atoms with Crippen LogP contribution in [0.2, 0.25) is 0 Å². The maximum Gasteiger partial charge on any atom is 0.253 e. The standard InChI is InChI=1S/C16H25N3O2/c1-12(11-19-8-3-4-9-19)10-18-16(20)13-6-5-7-14(21-2)15(13)17/h5-7,12H,3-4,8-11,17H2,1-2H3,(H,18,20). The number of likely N-dealkylation sites (tertiary alicyclic amines) is 1. The van der Waals surface area contributed by atoms with Gasteiger partial charge in [0.05, 0.1) is 18.4 Å². The molecular formula is C16H25N3O2. The Balaban J connectivity index is 1.86. The molecule has 5 heteroatoms. The lowest BCUT2D eigenvalue weighted by Crippen LogP contribution is -2.34. The van der Waals surface area contributed by atoms with Crippen LogP contribution in [0.1, 0.15) is 30.1 Å². The summed E-state index contributed by atoms with van der Waals surface area (Å²) in [5, 5.41) is 2.96. The number of hydrogen-bond donors (Lipinski definition) is 2. The quantitative estimate of drug-likeness (QED) is 0.783. The van der Waals surface area contributed by atoms with E-state index >= 15 is 0 Å². The number of para-hydroxylation sites is 1. The van der Waals surface area contributed by atoms with Crippen LogP contribution in [-0.2, 0) is 0 Å². The van der Waals surface area contributed by atoms with E-state index in [1.165, 1.54) is 25.9 Å². The molecule has 1 heterocycles. The average Bonchev–Trinajstić information content (AvgIpc) is 2.98. The van der Waals surface area contributed by atoms with Crippen molar-refractivity contribution < 1.29 is 9.53 Å². The van der Waals surface area contributed by atoms with Gasteiger partial charge in [-0.25, -0.2) is 0 Å². The van der Waals surface area contributed by atoms with Gasteiger partial charge in [0.2, 0.25) is 0 Å². The normalized spacial score (nSPS) is 16.7. The van der Waals surface area contributed by atoms with Crippen LogP contribution in [0.3, 0.4) is 0 Å². The van der Waals surface area contributed by atoms with Crippen LogP contribution in [-0.4, -0.2) is 44.1 Å². The number of rotatable bonds is 6. The zero-order chi connectivity index (χ0) is 15.2. The van der Waals surface area contributed by atoms with Crippen molar-refractivity contribution in [1.82, 2.24) is 10.2 Å². The molecule has 1 unspecified atom stereocenters. The number of carbonyl (C=O) groups excluding carboxylic acids is 1. The van der Waals surface area contributed by atoms with Crippen molar-refractivity contribution in [1.29, 1.82) is 0 Å². The number of nitrogens with one attached hydrogen (secondary N) is 1. The minimum atomic E-state index is -0.139. The van der Waals surface area contributed by atoms with Crippen molar-refractivity contribution in [2.24, 2.45) is 5.92 Å². The number of nitrogens with two attached hydrogens (primary N) is 1. The molecule has 1 amide bonds. The third-order valence-corrected chi connectivity index (χ3v) is 3.91. The fourth-order valence-electron chi connectivity index (χ4n) is 2.75. The smallest absolute Gasteiger partial charge is 0.253 e. The first-order chi connectivity index (χ1) is 10.1. The van der Waals surface area contributed by atoms with E-state index in [2.05, 4.69) is 17.1 Å². The summed E-state index contributed by atoms with van der Waals surface area (Å²) in [5.74, 6) is 0.825. The third-order valence-electron chi connectivity index (χ3n) is 3.91. The Morgan fingerprint density at radius 1 is 1.43 bits per heavy atom. The van der Waals surface area contributed by atoms with Crippen molar-refractivity contribution in [3.05, 3.63) is 23.8 Å². The van der Waals surface area contributed by atoms with Gasteiger partial charge in [-0.15, -0.1) is 0 Å². The van der Waals surface area contributed by atoms with Gasteiger partial charge in [-0.05, 0) is 44.0 Å². The molecule has 21 heavy (non-hydrogen) atoms. The highest BCUT2D eigenvalue weighted by atomic mass is 16.5. The van der Waals surface area contributed by atoms with Crippen molar-refractivity contribution in [3.63, 3.8) is 0 Å². The molecule has 1 fully saturated rings. The van der Waals surface area contributed by atoms with Crippen LogP contribution in [0.4, 0.5) is 5.69 Å². The zero-order valence-electron chi connectivity index (χ0n) is 12.9. The second-order valence-electron chi connectivity index (χ2n) is 5.74. The Hall–Kier alpha value is -1.75. The Labute approximate surface area is 126 Å². The Morgan fingerprint density at radius 2 is 2.14 bits per heavy atom. The molecule has 0 aliphatic carbocycles. The van der Waals surface area contributed by atoms with Gasteiger partial charge in [0.1, 0.15) is 5.75 Å². The van der Waals surface area contributed by atoms with Gasteiger partial charge < -0.3 is 20.7 Å². The van der Waals surface area contributed by atoms with Gasteiger partial charge in [-0.3, -0.25) is 4.79 Å². The molecule has 1 saturated heterocycles. The molecule has 0 bridgehead atoms. The van der Waals surface area contributed by atoms with E-state index in [1.807, 2.05) is 0 Å². The number of nitrogen functional groups attached to an aromatic ring is 1. The summed E-state index contributed by atoms with van der Waals surface area (Å²) >= 11 is 0. The first-order valence-corrected chi connectivity index (χ1v) is 7.55. The third kappa shape index (κ3) is 4.11. The minimum Gasteiger partial charge on any atom is -0.495 e. The van der Waals surface area contributed by atoms with Crippen LogP contribution >= 0.6 is 0 Å². The second kappa shape index (κ2) is 7.31. The molecule has 0 saturated carbocycles. The van der Waals surface area contributed by atoms with Gasteiger partial charge in [0, 0.05) is 13.1 Å². The zero-order valence-corrected chi connectivity index (χ0v) is 12.9. The molecule has 0 spiro atoms. The number of nitrogens with zero attached hydrogens (tertiary/aromatic N) is 1. The molecule has 0 aromatic heterocycles. The molecule has 2 rings (SSSR count). The summed E-state index contributed by atoms with van der Waals surface area (Å²) in [6, 6.07) is 5.25. The summed E-state index contributed by atoms with van der Waals surface area (Å²) in [6.45, 7) is 6.22. The molecular weight excluding hydrogens is 266 g/mol. The first kappa shape index (κ1) is 15.6. The van der Waals surface area contributed by atoms with Crippen molar-refractivity contribution in [2.75, 3.05) is 39.0 Å². The molecule has 1 aromatic rings. The van der Waals surface area contributed by atoms with Gasteiger partial charge >= 0.3 is 0 Å². The van der Waals surface area contributed by atoms with Crippen molar-refractivity contribution in [2.45, 2.75) is 19.8 Å². The van der Waals surface area contributed by atoms with E-state index in [1.54, 1.807) is 25.3 Å². The minimum absolute atomic E-state index is 0.139. The first-order valence-electron chi connectivity index (χ1n) is 7.55. The predicted molar refractivity (Wildman–Crippen MR) is 84.6 cm³/mol. The largest absolute Gasteiger partial charge is 0.495 e. The number of ether oxygens (including phenoxy) is 1. The number of methoxy groups -OCH3 is 1. The van der Waals surface area contributed by atoms with E-state index in [-0.39, 0.29) is 5.91 Å². The number of amides is 1. The highest BCUT2D eigenvalue weighted by molar-refractivity contribution is 6.00. The molecule has 0 radical (unpaired) electrons. The monoisotopic (exact) mass is 291 g/mol. The van der Waals surface area contributed by atoms with Gasteiger partial charge in [0.25, 0.3) is 5.91 Å². The van der Waals surface area contributed by atoms with Gasteiger partial charge in [-0.2, -0.15) is 0 Å². The topological polar surface area (TPSA) is 67.6 Å². The molecule has 1 aliphatic heterocycles. The summed E-state index contributed by atoms with van der Waals surface area (Å²) in [4.78, 5) is 14.7. The molecule has 1 atom stereocenters. The Morgan fingerprint density at radius 3 is 2.81 bits per heavy atom. The number of anilines is 1. The van der Waals surface area contributed by atoms with E-state index in [9.17, 15) is 4.79 Å². The highest BCUT2D eigenvalue weighted by Gasteiger charge is 2.17. The number of benzene rings is 1. The molecule has 1 aliphatic rings. The highest BCUT2D eigenvalue weighted by Crippen LogP contribution is 2.24. The van der Waals surface area contributed by atoms with Crippen molar-refractivity contribution in [3.8, 4) is 5.75 Å². The van der Waals surface area contributed by atoms with Crippen molar-refractivity contribution >= 4 is 11.6 Å². The van der Waals surface area contributed by atoms with E-state index in [0.717, 1.165) is 6.54 Å². The fourth-order valence-corrected chi connectivity index (χ4v) is 2.75. The second-order valence-corrected chi connectivity index (χ2v) is 5.74. The van der Waals surface area contributed by atoms with Crippen LogP contribution in [0.25, 0.3) is 0 Å². The molecule has 116 valence electrons. The fraction of sp³-hybridized carbons (Fsp3) is 0.562. The lowest BCUT2D eigenvalue weighted by molar-refractivity contribution is 0.0945. The Kier molecular flexibility index (Phi) is 5.44. The van der Waals surface area contributed by atoms with Gasteiger partial charge in [-0.1, -0.05) is 13.0 Å². The number of carbonyl (C=O) groups is 1. The summed E-state index contributed by atoms with van der Waals surface area (Å²) < 4.78 is 5.14. The molecule has 5 nitrogen and oxygen atoms in total. The van der Waals surface area contributed by atoms with Crippen LogP contribution in [0, 0.1) is 5.92 Å². The SMILES string of the molecule is COc1cccc(C(=O)NCC(C)CN2CCCC2)c1N. The lowest BCUT2D eigenvalue weighted by Gasteiger charge is -2.20. The number of hydrogen-bond acceptors (Lipinski definition) is 4. The maximum absolute atomic E-state index is 12.2. The maximum atomic E-state index is 12.2. The Bertz CT molecular complexity index is 484. The average molecular weight is 291 g/mol. The lowest BCUT2D eigenvalue weighted by atomic mass is 10.1. The molecule has 3 N–H and O–H groups in total. The summed E-state index contributed by atoms with van der Waals surface area (Å²) in [5.41, 5.74) is 6.81. The summed E-state index contributed by atoms with van der Waals surface area (Å²) in [7, 11) is 1.55. The summed E-state index contributed by atoms with van der Waals surface area (Å²) in [6.07, 6.45) is 2.58. The molecule has 1 aromatic carbocycles. The van der Waals surface area contributed by atoms with E-state index < -0.39 is 0 Å². The van der Waals surface area contributed by atoms with Crippen LogP contribution < -0.4 is 15.8 Å². The van der Waals surface area contributed by atoms with E-state index in [4.69, 9.17) is 10.5 Å². The van der Waals surface area contributed by atoms with Gasteiger partial charge in [0.15, 0.2) is 0 Å².